The van der Waals surface area contributed by atoms with Gasteiger partial charge in [0.15, 0.2) is 10.9 Å². The summed E-state index contributed by atoms with van der Waals surface area (Å²) in [4.78, 5) is 53.2. The van der Waals surface area contributed by atoms with Crippen molar-refractivity contribution < 1.29 is 23.9 Å². The van der Waals surface area contributed by atoms with E-state index in [1.54, 1.807) is 4.90 Å². The number of H-pyrrole nitrogens is 1. The van der Waals surface area contributed by atoms with Crippen LogP contribution in [0.2, 0.25) is 0 Å². The van der Waals surface area contributed by atoms with Gasteiger partial charge in [0.1, 0.15) is 6.04 Å². The van der Waals surface area contributed by atoms with Crippen molar-refractivity contribution in [2.24, 2.45) is 11.8 Å². The van der Waals surface area contributed by atoms with Crippen molar-refractivity contribution in [1.82, 2.24) is 30.8 Å². The summed E-state index contributed by atoms with van der Waals surface area (Å²) in [5.41, 5.74) is 3.69. The van der Waals surface area contributed by atoms with E-state index in [0.717, 1.165) is 53.3 Å². The van der Waals surface area contributed by atoms with E-state index in [9.17, 15) is 19.2 Å². The average Bonchev–Trinajstić information content (AvgIpc) is 3.57. The second-order valence-corrected chi connectivity index (χ2v) is 12.6. The van der Waals surface area contributed by atoms with Crippen molar-refractivity contribution in [2.75, 3.05) is 19.4 Å². The van der Waals surface area contributed by atoms with Gasteiger partial charge in [-0.05, 0) is 45.9 Å². The Morgan fingerprint density at radius 3 is 2.33 bits per heavy atom. The topological polar surface area (TPSA) is 147 Å². The van der Waals surface area contributed by atoms with Crippen molar-refractivity contribution in [3.8, 4) is 22.5 Å². The van der Waals surface area contributed by atoms with Gasteiger partial charge in [0.2, 0.25) is 11.8 Å². The summed E-state index contributed by atoms with van der Waals surface area (Å²) in [5.74, 6) is -0.694. The number of methoxy groups -OCH3 is 1. The number of hydrogen-bond donors (Lipinski definition) is 2. The number of hydrogen-bond acceptors (Lipinski definition) is 9. The second kappa shape index (κ2) is 18.0. The number of tetrazole rings is 1. The Bertz CT molecular complexity index is 1400. The number of esters is 1. The molecular weight excluding hydrogens is 592 g/mol. The molecule has 0 spiro atoms. The zero-order valence-corrected chi connectivity index (χ0v) is 27.6. The lowest BCUT2D eigenvalue weighted by Gasteiger charge is -2.29. The molecule has 12 heteroatoms. The molecule has 1 aromatic heterocycles. The van der Waals surface area contributed by atoms with Crippen molar-refractivity contribution in [3.05, 3.63) is 54.1 Å². The van der Waals surface area contributed by atoms with Crippen LogP contribution in [-0.4, -0.2) is 73.9 Å². The summed E-state index contributed by atoms with van der Waals surface area (Å²) in [6, 6.07) is 14.6. The summed E-state index contributed by atoms with van der Waals surface area (Å²) in [6.07, 6.45) is 2.95. The number of carbonyl (C=O) groups excluding carboxylic acids is 4. The zero-order valence-electron chi connectivity index (χ0n) is 26.7. The number of thioether (sulfide) groups is 1. The highest BCUT2D eigenvalue weighted by atomic mass is 32.2. The van der Waals surface area contributed by atoms with Gasteiger partial charge < -0.3 is 15.0 Å². The predicted molar refractivity (Wildman–Crippen MR) is 175 cm³/mol. The molecule has 2 amide bonds. The molecule has 0 aliphatic rings. The number of nitrogens with one attached hydrogen (secondary N) is 2. The molecule has 0 saturated heterocycles. The Kier molecular flexibility index (Phi) is 14.2. The number of unbranched alkanes of at least 4 members (excludes halogenated alkanes) is 2. The van der Waals surface area contributed by atoms with Crippen LogP contribution in [0.25, 0.3) is 22.5 Å². The first-order valence-electron chi connectivity index (χ1n) is 15.3. The number of amides is 2. The van der Waals surface area contributed by atoms with E-state index in [-0.39, 0.29) is 29.3 Å². The van der Waals surface area contributed by atoms with E-state index in [2.05, 4.69) is 32.9 Å². The third-order valence-corrected chi connectivity index (χ3v) is 8.31. The molecule has 0 aliphatic heterocycles. The van der Waals surface area contributed by atoms with E-state index in [1.807, 2.05) is 62.4 Å². The number of nitrogens with zero attached hydrogens (tertiary/aromatic N) is 4. The van der Waals surface area contributed by atoms with Gasteiger partial charge >= 0.3 is 5.97 Å². The average molecular weight is 637 g/mol. The number of rotatable bonds is 17. The van der Waals surface area contributed by atoms with Crippen LogP contribution in [0, 0.1) is 11.8 Å². The van der Waals surface area contributed by atoms with Gasteiger partial charge in [-0.2, -0.15) is 0 Å². The van der Waals surface area contributed by atoms with Gasteiger partial charge in [0.25, 0.3) is 0 Å². The maximum Gasteiger partial charge on any atom is 0.308 e. The van der Waals surface area contributed by atoms with Gasteiger partial charge in [0.05, 0.1) is 13.5 Å². The number of ether oxygens (including phenoxy) is 1. The fourth-order valence-corrected chi connectivity index (χ4v) is 5.77. The molecule has 0 radical (unpaired) electrons. The van der Waals surface area contributed by atoms with Gasteiger partial charge in [-0.1, -0.05) is 93.9 Å². The summed E-state index contributed by atoms with van der Waals surface area (Å²) < 4.78 is 4.88. The van der Waals surface area contributed by atoms with E-state index in [0.29, 0.717) is 31.1 Å². The number of carbonyl (C=O) groups is 4. The molecule has 45 heavy (non-hydrogen) atoms. The van der Waals surface area contributed by atoms with E-state index in [1.165, 1.54) is 14.0 Å². The number of aromatic amines is 1. The molecule has 2 N–H and O–H groups in total. The highest BCUT2D eigenvalue weighted by Gasteiger charge is 2.31. The molecule has 2 aromatic carbocycles. The van der Waals surface area contributed by atoms with Gasteiger partial charge in [-0.3, -0.25) is 19.2 Å². The van der Waals surface area contributed by atoms with Gasteiger partial charge in [-0.15, -0.1) is 5.10 Å². The van der Waals surface area contributed by atoms with Crippen LogP contribution in [0.5, 0.6) is 0 Å². The molecule has 1 unspecified atom stereocenters. The molecule has 0 bridgehead atoms. The molecule has 2 atom stereocenters. The van der Waals surface area contributed by atoms with Crippen LogP contribution < -0.4 is 5.32 Å². The lowest BCUT2D eigenvalue weighted by Crippen LogP contribution is -2.51. The highest BCUT2D eigenvalue weighted by molar-refractivity contribution is 8.13. The third kappa shape index (κ3) is 11.1. The SMILES string of the molecule is CCCCCN(Cc1ccc(-c2ccccc2-c2nnn[nH]2)cc1)C(=O)[C@@H](CC(=O)OC)NC(=O)C(CSC(C)=O)CC(C)C. The van der Waals surface area contributed by atoms with E-state index >= 15 is 0 Å². The van der Waals surface area contributed by atoms with Crippen LogP contribution in [0.4, 0.5) is 0 Å². The van der Waals surface area contributed by atoms with E-state index in [4.69, 9.17) is 4.74 Å². The lowest BCUT2D eigenvalue weighted by atomic mass is 9.97. The number of benzene rings is 2. The maximum absolute atomic E-state index is 14.0. The minimum Gasteiger partial charge on any atom is -0.469 e. The monoisotopic (exact) mass is 636 g/mol. The van der Waals surface area contributed by atoms with Crippen molar-refractivity contribution in [1.29, 1.82) is 0 Å². The van der Waals surface area contributed by atoms with Crippen molar-refractivity contribution in [2.45, 2.75) is 72.4 Å². The minimum absolute atomic E-state index is 0.0784. The Labute approximate surface area is 269 Å². The summed E-state index contributed by atoms with van der Waals surface area (Å²) in [7, 11) is 1.26. The molecule has 3 aromatic rings. The Morgan fingerprint density at radius 2 is 1.73 bits per heavy atom. The fraction of sp³-hybridized carbons (Fsp3) is 0.485. The van der Waals surface area contributed by atoms with Crippen molar-refractivity contribution in [3.63, 3.8) is 0 Å². The van der Waals surface area contributed by atoms with Gasteiger partial charge in [-0.25, -0.2) is 5.10 Å². The van der Waals surface area contributed by atoms with E-state index < -0.39 is 17.9 Å². The van der Waals surface area contributed by atoms with Crippen LogP contribution in [0.3, 0.4) is 0 Å². The molecule has 0 fully saturated rings. The Balaban J connectivity index is 1.84. The molecular formula is C33H44N6O5S. The largest absolute Gasteiger partial charge is 0.469 e. The minimum atomic E-state index is -1.09. The molecule has 0 saturated carbocycles. The van der Waals surface area contributed by atoms with Crippen LogP contribution in [0.1, 0.15) is 65.4 Å². The Hall–Kier alpha value is -4.06. The van der Waals surface area contributed by atoms with Crippen molar-refractivity contribution >= 4 is 34.7 Å². The summed E-state index contributed by atoms with van der Waals surface area (Å²) >= 11 is 1.09. The quantitative estimate of drug-likeness (QED) is 0.154. The first-order chi connectivity index (χ1) is 21.6. The summed E-state index contributed by atoms with van der Waals surface area (Å²) in [5, 5.41) is 17.0. The predicted octanol–water partition coefficient (Wildman–Crippen LogP) is 5.04. The zero-order chi connectivity index (χ0) is 32.8. The molecule has 11 nitrogen and oxygen atoms in total. The molecule has 3 rings (SSSR count). The standard InChI is InChI=1S/C33H44N6O5S/c1-6-7-10-17-39(20-24-13-15-25(16-14-24)27-11-8-9-12-28(27)31-35-37-38-36-31)33(43)29(19-30(41)44-5)34-32(42)26(18-22(2)3)21-45-23(4)40/h8-9,11-16,22,26,29H,6-7,10,17-21H2,1-5H3,(H,34,42)(H,35,36,37,38)/t26?,29-/m1/s1. The fourth-order valence-electron chi connectivity index (χ4n) is 5.04. The number of aromatic nitrogens is 4. The van der Waals surface area contributed by atoms with Crippen LogP contribution in [0.15, 0.2) is 48.5 Å². The highest BCUT2D eigenvalue weighted by Crippen LogP contribution is 2.30. The molecule has 242 valence electrons. The first kappa shape index (κ1) is 35.4. The first-order valence-corrected chi connectivity index (χ1v) is 16.3. The van der Waals surface area contributed by atoms with Crippen LogP contribution in [-0.2, 0) is 30.5 Å². The normalized spacial score (nSPS) is 12.4. The maximum atomic E-state index is 14.0. The molecule has 0 aliphatic carbocycles. The Morgan fingerprint density at radius 1 is 1.02 bits per heavy atom. The molecule has 1 heterocycles. The van der Waals surface area contributed by atoms with Gasteiger partial charge in [0, 0.05) is 37.2 Å². The second-order valence-electron chi connectivity index (χ2n) is 11.4. The third-order valence-electron chi connectivity index (χ3n) is 7.34. The smallest absolute Gasteiger partial charge is 0.308 e. The summed E-state index contributed by atoms with van der Waals surface area (Å²) in [6.45, 7) is 8.33. The van der Waals surface area contributed by atoms with Crippen LogP contribution >= 0.6 is 11.8 Å². The lowest BCUT2D eigenvalue weighted by molar-refractivity contribution is -0.146.